The maximum Gasteiger partial charge on any atom is 0.277 e. The second kappa shape index (κ2) is 7.14. The van der Waals surface area contributed by atoms with Crippen LogP contribution in [0.25, 0.3) is 10.8 Å². The van der Waals surface area contributed by atoms with Crippen LogP contribution in [0.1, 0.15) is 12.5 Å². The van der Waals surface area contributed by atoms with Gasteiger partial charge in [0.05, 0.1) is 10.1 Å². The number of benzene rings is 1. The Morgan fingerprint density at radius 3 is 2.92 bits per heavy atom. The first-order valence-corrected chi connectivity index (χ1v) is 8.90. The maximum atomic E-state index is 13.5. The van der Waals surface area contributed by atoms with Crippen LogP contribution in [-0.2, 0) is 4.79 Å². The van der Waals surface area contributed by atoms with E-state index in [1.54, 1.807) is 26.0 Å². The molecule has 0 fully saturated rings. The number of thioether (sulfide) groups is 1. The predicted octanol–water partition coefficient (Wildman–Crippen LogP) is 4.36. The number of nitrogens with zero attached hydrogens (tertiary/aromatic N) is 2. The van der Waals surface area contributed by atoms with Crippen LogP contribution >= 0.6 is 23.1 Å². The first-order chi connectivity index (χ1) is 11.5. The molecule has 24 heavy (non-hydrogen) atoms. The predicted molar refractivity (Wildman–Crippen MR) is 92.7 cm³/mol. The number of hydrogen-bond donors (Lipinski definition) is 1. The van der Waals surface area contributed by atoms with E-state index in [-0.39, 0.29) is 11.7 Å². The second-order valence-corrected chi connectivity index (χ2v) is 7.30. The Morgan fingerprint density at radius 2 is 2.21 bits per heavy atom. The third-order valence-electron chi connectivity index (χ3n) is 3.22. The minimum atomic E-state index is -0.467. The number of anilines is 1. The quantitative estimate of drug-likeness (QED) is 0.682. The molecule has 0 spiro atoms. The van der Waals surface area contributed by atoms with Crippen LogP contribution in [0.5, 0.6) is 0 Å². The number of carbonyl (C=O) groups is 1. The first kappa shape index (κ1) is 16.7. The molecular formula is C16H14FN3O2S2. The lowest BCUT2D eigenvalue weighted by Crippen LogP contribution is -2.22. The molecule has 0 aliphatic heterocycles. The van der Waals surface area contributed by atoms with Crippen LogP contribution in [-0.4, -0.2) is 21.4 Å². The number of amides is 1. The molecule has 1 aromatic carbocycles. The Hall–Kier alpha value is -2.19. The summed E-state index contributed by atoms with van der Waals surface area (Å²) in [6, 6.07) is 8.36. The molecule has 1 amide bonds. The van der Waals surface area contributed by atoms with Crippen molar-refractivity contribution in [3.8, 4) is 10.8 Å². The van der Waals surface area contributed by atoms with E-state index in [0.29, 0.717) is 22.4 Å². The molecule has 5 nitrogen and oxygen atoms in total. The van der Waals surface area contributed by atoms with Gasteiger partial charge in [0.25, 0.3) is 11.1 Å². The van der Waals surface area contributed by atoms with E-state index in [0.717, 1.165) is 16.6 Å². The average molecular weight is 363 g/mol. The molecule has 124 valence electrons. The van der Waals surface area contributed by atoms with E-state index in [1.807, 2.05) is 17.5 Å². The number of rotatable bonds is 5. The van der Waals surface area contributed by atoms with Gasteiger partial charge in [0.2, 0.25) is 5.91 Å². The SMILES string of the molecule is Cc1ccc(NC(=O)C(C)Sc2nnc(-c3cccs3)o2)cc1F. The topological polar surface area (TPSA) is 68.0 Å². The van der Waals surface area contributed by atoms with Gasteiger partial charge in [0, 0.05) is 5.69 Å². The zero-order valence-corrected chi connectivity index (χ0v) is 14.6. The van der Waals surface area contributed by atoms with Gasteiger partial charge >= 0.3 is 0 Å². The Labute approximate surface area is 146 Å². The fraction of sp³-hybridized carbons (Fsp3) is 0.188. The largest absolute Gasteiger partial charge is 0.410 e. The summed E-state index contributed by atoms with van der Waals surface area (Å²) < 4.78 is 19.1. The average Bonchev–Trinajstić information content (AvgIpc) is 3.21. The zero-order valence-electron chi connectivity index (χ0n) is 12.9. The van der Waals surface area contributed by atoms with Gasteiger partial charge in [-0.1, -0.05) is 23.9 Å². The van der Waals surface area contributed by atoms with Gasteiger partial charge in [0.15, 0.2) is 0 Å². The van der Waals surface area contributed by atoms with Crippen LogP contribution in [0, 0.1) is 12.7 Å². The number of halogens is 1. The number of thiophene rings is 1. The van der Waals surface area contributed by atoms with Crippen molar-refractivity contribution in [2.75, 3.05) is 5.32 Å². The summed E-state index contributed by atoms with van der Waals surface area (Å²) in [6.45, 7) is 3.39. The molecule has 1 unspecified atom stereocenters. The third kappa shape index (κ3) is 3.82. The third-order valence-corrected chi connectivity index (χ3v) is 5.02. The molecule has 0 saturated carbocycles. The van der Waals surface area contributed by atoms with Gasteiger partial charge in [-0.05, 0) is 43.0 Å². The van der Waals surface area contributed by atoms with Crippen molar-refractivity contribution in [1.29, 1.82) is 0 Å². The van der Waals surface area contributed by atoms with E-state index in [9.17, 15) is 9.18 Å². The highest BCUT2D eigenvalue weighted by Crippen LogP contribution is 2.28. The fourth-order valence-corrected chi connectivity index (χ4v) is 3.20. The molecule has 0 bridgehead atoms. The van der Waals surface area contributed by atoms with Crippen molar-refractivity contribution >= 4 is 34.7 Å². The molecule has 1 atom stereocenters. The molecule has 0 aliphatic carbocycles. The fourth-order valence-electron chi connectivity index (χ4n) is 1.88. The van der Waals surface area contributed by atoms with E-state index in [4.69, 9.17) is 4.42 Å². The van der Waals surface area contributed by atoms with Gasteiger partial charge in [-0.3, -0.25) is 4.79 Å². The lowest BCUT2D eigenvalue weighted by Gasteiger charge is -2.10. The van der Waals surface area contributed by atoms with E-state index in [1.165, 1.54) is 17.4 Å². The Bertz CT molecular complexity index is 849. The molecule has 3 aromatic rings. The van der Waals surface area contributed by atoms with Crippen molar-refractivity contribution in [3.63, 3.8) is 0 Å². The van der Waals surface area contributed by atoms with Crippen LogP contribution in [0.3, 0.4) is 0 Å². The molecule has 2 aromatic heterocycles. The van der Waals surface area contributed by atoms with Crippen molar-refractivity contribution in [1.82, 2.24) is 10.2 Å². The minimum absolute atomic E-state index is 0.265. The van der Waals surface area contributed by atoms with E-state index in [2.05, 4.69) is 15.5 Å². The van der Waals surface area contributed by atoms with Crippen LogP contribution < -0.4 is 5.32 Å². The molecule has 0 radical (unpaired) electrons. The first-order valence-electron chi connectivity index (χ1n) is 7.14. The lowest BCUT2D eigenvalue weighted by molar-refractivity contribution is -0.115. The Kier molecular flexibility index (Phi) is 4.96. The Morgan fingerprint density at radius 1 is 1.38 bits per heavy atom. The van der Waals surface area contributed by atoms with E-state index >= 15 is 0 Å². The van der Waals surface area contributed by atoms with Crippen molar-refractivity contribution in [2.24, 2.45) is 0 Å². The molecule has 0 saturated heterocycles. The molecular weight excluding hydrogens is 349 g/mol. The second-order valence-electron chi connectivity index (χ2n) is 5.06. The summed E-state index contributed by atoms with van der Waals surface area (Å²) in [6.07, 6.45) is 0. The summed E-state index contributed by atoms with van der Waals surface area (Å²) in [5, 5.41) is 12.4. The zero-order chi connectivity index (χ0) is 17.1. The van der Waals surface area contributed by atoms with Crippen molar-refractivity contribution in [3.05, 3.63) is 47.1 Å². The summed E-state index contributed by atoms with van der Waals surface area (Å²) in [7, 11) is 0. The number of aryl methyl sites for hydroxylation is 1. The molecule has 1 N–H and O–H groups in total. The van der Waals surface area contributed by atoms with Crippen LogP contribution in [0.2, 0.25) is 0 Å². The van der Waals surface area contributed by atoms with Crippen molar-refractivity contribution in [2.45, 2.75) is 24.3 Å². The van der Waals surface area contributed by atoms with Gasteiger partial charge in [-0.2, -0.15) is 0 Å². The van der Waals surface area contributed by atoms with Crippen molar-refractivity contribution < 1.29 is 13.6 Å². The van der Waals surface area contributed by atoms with E-state index < -0.39 is 5.25 Å². The summed E-state index contributed by atoms with van der Waals surface area (Å²) in [5.41, 5.74) is 0.947. The number of nitrogens with one attached hydrogen (secondary N) is 1. The van der Waals surface area contributed by atoms with Gasteiger partial charge in [-0.15, -0.1) is 21.5 Å². The smallest absolute Gasteiger partial charge is 0.277 e. The van der Waals surface area contributed by atoms with Gasteiger partial charge < -0.3 is 9.73 Å². The monoisotopic (exact) mass is 363 g/mol. The highest BCUT2D eigenvalue weighted by atomic mass is 32.2. The highest BCUT2D eigenvalue weighted by Gasteiger charge is 2.19. The van der Waals surface area contributed by atoms with Gasteiger partial charge in [-0.25, -0.2) is 4.39 Å². The Balaban J connectivity index is 1.62. The lowest BCUT2D eigenvalue weighted by atomic mass is 10.2. The number of hydrogen-bond acceptors (Lipinski definition) is 6. The number of aromatic nitrogens is 2. The molecule has 0 aliphatic rings. The number of carbonyl (C=O) groups excluding carboxylic acids is 1. The maximum absolute atomic E-state index is 13.5. The summed E-state index contributed by atoms with van der Waals surface area (Å²) in [5.74, 6) is -0.189. The molecule has 3 rings (SSSR count). The molecule has 2 heterocycles. The summed E-state index contributed by atoms with van der Waals surface area (Å²) >= 11 is 2.65. The standard InChI is InChI=1S/C16H14FN3O2S2/c1-9-5-6-11(8-12(9)17)18-14(21)10(2)24-16-20-19-15(22-16)13-4-3-7-23-13/h3-8,10H,1-2H3,(H,18,21). The minimum Gasteiger partial charge on any atom is -0.410 e. The highest BCUT2D eigenvalue weighted by molar-refractivity contribution is 8.00. The van der Waals surface area contributed by atoms with Crippen LogP contribution in [0.15, 0.2) is 45.4 Å². The summed E-state index contributed by atoms with van der Waals surface area (Å²) in [4.78, 5) is 13.1. The molecule has 8 heteroatoms. The van der Waals surface area contributed by atoms with Gasteiger partial charge in [0.1, 0.15) is 5.82 Å². The van der Waals surface area contributed by atoms with Crippen LogP contribution in [0.4, 0.5) is 10.1 Å². The normalized spacial score (nSPS) is 12.1.